The number of hydrogen-bond acceptors (Lipinski definition) is 3. The summed E-state index contributed by atoms with van der Waals surface area (Å²) in [6.07, 6.45) is 4.99. The smallest absolute Gasteiger partial charge is 0.0800 e. The monoisotopic (exact) mass is 235 g/mol. The quantitative estimate of drug-likeness (QED) is 0.789. The van der Waals surface area contributed by atoms with Gasteiger partial charge in [0.15, 0.2) is 0 Å². The Morgan fingerprint density at radius 2 is 2.29 bits per heavy atom. The molecule has 0 bridgehead atoms. The molecule has 17 heavy (non-hydrogen) atoms. The molecule has 1 aliphatic carbocycles. The van der Waals surface area contributed by atoms with Crippen LogP contribution in [-0.2, 0) is 18.3 Å². The molecule has 1 aromatic heterocycles. The summed E-state index contributed by atoms with van der Waals surface area (Å²) >= 11 is 0. The van der Waals surface area contributed by atoms with Crippen LogP contribution in [0.25, 0.3) is 0 Å². The van der Waals surface area contributed by atoms with Crippen molar-refractivity contribution in [1.82, 2.24) is 14.7 Å². The van der Waals surface area contributed by atoms with Crippen molar-refractivity contribution < 1.29 is 4.74 Å². The minimum atomic E-state index is 0.496. The number of hydrogen-bond donors (Lipinski definition) is 0. The van der Waals surface area contributed by atoms with Crippen molar-refractivity contribution in [2.45, 2.75) is 25.3 Å². The Morgan fingerprint density at radius 3 is 3.00 bits per heavy atom. The van der Waals surface area contributed by atoms with Crippen molar-refractivity contribution in [2.24, 2.45) is 13.0 Å². The normalized spacial score (nSPS) is 24.9. The number of aryl methyl sites for hydroxylation is 1. The first-order chi connectivity index (χ1) is 8.26. The molecule has 4 heteroatoms. The van der Waals surface area contributed by atoms with Gasteiger partial charge >= 0.3 is 0 Å². The lowest BCUT2D eigenvalue weighted by molar-refractivity contribution is 0.136. The summed E-state index contributed by atoms with van der Waals surface area (Å²) in [7, 11) is 3.79. The van der Waals surface area contributed by atoms with Crippen LogP contribution >= 0.6 is 0 Å². The lowest BCUT2D eigenvalue weighted by atomic mass is 9.95. The highest BCUT2D eigenvalue weighted by Crippen LogP contribution is 2.33. The Morgan fingerprint density at radius 1 is 1.47 bits per heavy atom. The Hall–Kier alpha value is -0.870. The van der Waals surface area contributed by atoms with Gasteiger partial charge in [-0.05, 0) is 18.8 Å². The average molecular weight is 235 g/mol. The van der Waals surface area contributed by atoms with Crippen molar-refractivity contribution in [2.75, 3.05) is 26.8 Å². The maximum absolute atomic E-state index is 5.35. The highest BCUT2D eigenvalue weighted by atomic mass is 16.5. The van der Waals surface area contributed by atoms with E-state index < -0.39 is 0 Å². The molecular formula is C13H21N3O. The van der Waals surface area contributed by atoms with Crippen molar-refractivity contribution >= 4 is 0 Å². The third kappa shape index (κ3) is 2.38. The lowest BCUT2D eigenvalue weighted by Crippen LogP contribution is -2.36. The van der Waals surface area contributed by atoms with Crippen molar-refractivity contribution in [3.8, 4) is 0 Å². The fourth-order valence-electron chi connectivity index (χ4n) is 2.85. The predicted molar refractivity (Wildman–Crippen MR) is 65.8 cm³/mol. The Bertz CT molecular complexity index is 397. The van der Waals surface area contributed by atoms with Crippen molar-refractivity contribution in [3.05, 3.63) is 17.5 Å². The number of nitrogens with zero attached hydrogens (tertiary/aromatic N) is 3. The zero-order valence-electron chi connectivity index (χ0n) is 10.7. The summed E-state index contributed by atoms with van der Waals surface area (Å²) in [5.41, 5.74) is 2.64. The summed E-state index contributed by atoms with van der Waals surface area (Å²) in [4.78, 5) is 2.55. The van der Waals surface area contributed by atoms with Gasteiger partial charge in [-0.15, -0.1) is 0 Å². The van der Waals surface area contributed by atoms with Crippen LogP contribution in [0.15, 0.2) is 6.20 Å². The van der Waals surface area contributed by atoms with E-state index in [0.717, 1.165) is 25.6 Å². The number of rotatable bonds is 4. The van der Waals surface area contributed by atoms with Crippen molar-refractivity contribution in [3.63, 3.8) is 0 Å². The molecule has 1 aromatic rings. The Kier molecular flexibility index (Phi) is 2.92. The van der Waals surface area contributed by atoms with E-state index in [-0.39, 0.29) is 0 Å². The minimum absolute atomic E-state index is 0.496. The van der Waals surface area contributed by atoms with Crippen LogP contribution in [0.2, 0.25) is 0 Å². The highest BCUT2D eigenvalue weighted by Gasteiger charge is 2.31. The van der Waals surface area contributed by atoms with Crippen LogP contribution in [0.1, 0.15) is 30.0 Å². The van der Waals surface area contributed by atoms with E-state index in [1.165, 1.54) is 30.6 Å². The van der Waals surface area contributed by atoms with Crippen LogP contribution in [-0.4, -0.2) is 41.5 Å². The standard InChI is InChI=1S/C13H21N3O/c1-15-7-12-11(9-17-2)6-16(5-10-3-4-10)8-13(12)14-15/h7,10-11H,3-6,8-9H2,1-2H3/t11-/m1/s1. The first-order valence-electron chi connectivity index (χ1n) is 6.50. The molecule has 2 aliphatic rings. The van der Waals surface area contributed by atoms with Gasteiger partial charge < -0.3 is 4.74 Å². The second-order valence-electron chi connectivity index (χ2n) is 5.49. The predicted octanol–water partition coefficient (Wildman–Crippen LogP) is 1.38. The second-order valence-corrected chi connectivity index (χ2v) is 5.49. The van der Waals surface area contributed by atoms with Crippen LogP contribution in [0.5, 0.6) is 0 Å². The molecule has 0 aromatic carbocycles. The van der Waals surface area contributed by atoms with Gasteiger partial charge in [-0.25, -0.2) is 0 Å². The summed E-state index contributed by atoms with van der Waals surface area (Å²) in [6, 6.07) is 0. The van der Waals surface area contributed by atoms with E-state index >= 15 is 0 Å². The molecule has 0 N–H and O–H groups in total. The summed E-state index contributed by atoms with van der Waals surface area (Å²) < 4.78 is 7.29. The molecule has 0 unspecified atom stereocenters. The number of methoxy groups -OCH3 is 1. The molecular weight excluding hydrogens is 214 g/mol. The highest BCUT2D eigenvalue weighted by molar-refractivity contribution is 5.25. The molecule has 0 amide bonds. The van der Waals surface area contributed by atoms with E-state index in [1.807, 2.05) is 11.7 Å². The topological polar surface area (TPSA) is 30.3 Å². The third-order valence-corrected chi connectivity index (χ3v) is 3.81. The first-order valence-corrected chi connectivity index (χ1v) is 6.50. The van der Waals surface area contributed by atoms with Gasteiger partial charge in [-0.3, -0.25) is 9.58 Å². The number of fused-ring (bicyclic) bond motifs is 1. The molecule has 1 fully saturated rings. The summed E-state index contributed by atoms with van der Waals surface area (Å²) in [5, 5.41) is 4.58. The number of ether oxygens (including phenoxy) is 1. The van der Waals surface area contributed by atoms with Gasteiger partial charge in [-0.2, -0.15) is 5.10 Å². The van der Waals surface area contributed by atoms with Gasteiger partial charge in [0.25, 0.3) is 0 Å². The van der Waals surface area contributed by atoms with Crippen LogP contribution in [0.4, 0.5) is 0 Å². The van der Waals surface area contributed by atoms with Gasteiger partial charge in [0.2, 0.25) is 0 Å². The van der Waals surface area contributed by atoms with E-state index in [9.17, 15) is 0 Å². The average Bonchev–Trinajstić information content (AvgIpc) is 2.99. The fourth-order valence-corrected chi connectivity index (χ4v) is 2.85. The first kappa shape index (κ1) is 11.2. The molecule has 1 aliphatic heterocycles. The van der Waals surface area contributed by atoms with E-state index in [1.54, 1.807) is 7.11 Å². The zero-order valence-corrected chi connectivity index (χ0v) is 10.7. The molecule has 1 saturated carbocycles. The SMILES string of the molecule is COC[C@H]1CN(CC2CC2)Cc2nn(C)cc21. The maximum atomic E-state index is 5.35. The second kappa shape index (κ2) is 4.42. The molecule has 4 nitrogen and oxygen atoms in total. The molecule has 0 spiro atoms. The van der Waals surface area contributed by atoms with Gasteiger partial charge in [-0.1, -0.05) is 0 Å². The Balaban J connectivity index is 1.77. The number of aromatic nitrogens is 2. The molecule has 0 saturated heterocycles. The molecule has 3 rings (SSSR count). The molecule has 94 valence electrons. The fraction of sp³-hybridized carbons (Fsp3) is 0.769. The molecule has 0 radical (unpaired) electrons. The summed E-state index contributed by atoms with van der Waals surface area (Å²) in [6.45, 7) is 4.20. The zero-order chi connectivity index (χ0) is 11.8. The largest absolute Gasteiger partial charge is 0.384 e. The maximum Gasteiger partial charge on any atom is 0.0800 e. The third-order valence-electron chi connectivity index (χ3n) is 3.81. The van der Waals surface area contributed by atoms with Gasteiger partial charge in [0.1, 0.15) is 0 Å². The minimum Gasteiger partial charge on any atom is -0.384 e. The van der Waals surface area contributed by atoms with Gasteiger partial charge in [0.05, 0.1) is 12.3 Å². The molecule has 1 atom stereocenters. The molecule has 2 heterocycles. The van der Waals surface area contributed by atoms with Crippen molar-refractivity contribution in [1.29, 1.82) is 0 Å². The van der Waals surface area contributed by atoms with E-state index in [0.29, 0.717) is 5.92 Å². The van der Waals surface area contributed by atoms with Crippen LogP contribution in [0.3, 0.4) is 0 Å². The van der Waals surface area contributed by atoms with Crippen LogP contribution < -0.4 is 0 Å². The van der Waals surface area contributed by atoms with Gasteiger partial charge in [0, 0.05) is 51.5 Å². The van der Waals surface area contributed by atoms with Crippen LogP contribution in [0, 0.1) is 5.92 Å². The van der Waals surface area contributed by atoms with E-state index in [4.69, 9.17) is 4.74 Å². The lowest BCUT2D eigenvalue weighted by Gasteiger charge is -2.31. The Labute approximate surface area is 103 Å². The summed E-state index contributed by atoms with van der Waals surface area (Å²) in [5.74, 6) is 1.44. The van der Waals surface area contributed by atoms with E-state index in [2.05, 4.69) is 16.2 Å².